The maximum atomic E-state index is 11.9. The average Bonchev–Trinajstić information content (AvgIpc) is 3.06. The molecule has 0 aliphatic heterocycles. The normalized spacial score (nSPS) is 10.3. The van der Waals surface area contributed by atoms with Gasteiger partial charge in [0.15, 0.2) is 10.7 Å². The maximum Gasteiger partial charge on any atom is 0.232 e. The van der Waals surface area contributed by atoms with Crippen LogP contribution in [0.15, 0.2) is 35.0 Å². The molecule has 98 valence electrons. The van der Waals surface area contributed by atoms with Crippen molar-refractivity contribution in [3.05, 3.63) is 41.0 Å². The predicted octanol–water partition coefficient (Wildman–Crippen LogP) is 2.34. The molecule has 0 saturated heterocycles. The van der Waals surface area contributed by atoms with E-state index in [9.17, 15) is 4.79 Å². The Kier molecular flexibility index (Phi) is 3.15. The van der Waals surface area contributed by atoms with Crippen molar-refractivity contribution in [2.24, 2.45) is 0 Å². The Balaban J connectivity index is 1.74. The minimum atomic E-state index is -0.247. The molecule has 0 saturated carbocycles. The molecule has 2 aromatic heterocycles. The van der Waals surface area contributed by atoms with Gasteiger partial charge in [-0.3, -0.25) is 4.79 Å². The molecule has 1 amide bonds. The highest BCUT2D eigenvalue weighted by Gasteiger charge is 2.13. The lowest BCUT2D eigenvalue weighted by atomic mass is 10.2. The molecule has 3 aromatic rings. The van der Waals surface area contributed by atoms with Crippen LogP contribution in [0.2, 0.25) is 0 Å². The fourth-order valence-electron chi connectivity index (χ4n) is 1.76. The lowest BCUT2D eigenvalue weighted by Crippen LogP contribution is -2.14. The molecule has 0 bridgehead atoms. The van der Waals surface area contributed by atoms with Gasteiger partial charge in [0.05, 0.1) is 12.6 Å². The minimum Gasteiger partial charge on any atom is -0.356 e. The number of nitrogens with zero attached hydrogens (tertiary/aromatic N) is 3. The van der Waals surface area contributed by atoms with E-state index in [0.717, 1.165) is 16.7 Å². The van der Waals surface area contributed by atoms with Crippen LogP contribution in [0.3, 0.4) is 0 Å². The van der Waals surface area contributed by atoms with Gasteiger partial charge in [-0.1, -0.05) is 28.6 Å². The number of carbonyl (C=O) groups is 1. The van der Waals surface area contributed by atoms with Crippen molar-refractivity contribution in [1.82, 2.24) is 10.1 Å². The van der Waals surface area contributed by atoms with Crippen molar-refractivity contribution >= 4 is 33.3 Å². The summed E-state index contributed by atoms with van der Waals surface area (Å²) in [5, 5.41) is 16.4. The first-order valence-electron chi connectivity index (χ1n) is 5.75. The number of carbonyl (C=O) groups excluding carboxylic acids is 1. The summed E-state index contributed by atoms with van der Waals surface area (Å²) in [5.41, 5.74) is 1.23. The first-order chi connectivity index (χ1) is 9.76. The highest BCUT2D eigenvalue weighted by Crippen LogP contribution is 2.20. The van der Waals surface area contributed by atoms with Crippen LogP contribution in [0.25, 0.3) is 11.0 Å². The number of anilines is 1. The number of thiazole rings is 1. The number of hydrogen-bond donors (Lipinski definition) is 1. The first kappa shape index (κ1) is 12.3. The van der Waals surface area contributed by atoms with E-state index in [4.69, 9.17) is 9.78 Å². The van der Waals surface area contributed by atoms with Crippen LogP contribution in [0, 0.1) is 11.3 Å². The van der Waals surface area contributed by atoms with E-state index >= 15 is 0 Å². The molecule has 6 nitrogen and oxygen atoms in total. The van der Waals surface area contributed by atoms with Crippen LogP contribution >= 0.6 is 11.3 Å². The van der Waals surface area contributed by atoms with Crippen LogP contribution in [-0.2, 0) is 11.2 Å². The predicted molar refractivity (Wildman–Crippen MR) is 73.2 cm³/mol. The molecule has 0 radical (unpaired) electrons. The number of para-hydroxylation sites is 1. The standard InChI is InChI=1S/C13H8N4O2S/c14-6-8-7-15-13(20-8)16-12(18)5-10-9-3-1-2-4-11(9)19-17-10/h1-4,7H,5H2,(H,15,16,18). The highest BCUT2D eigenvalue weighted by atomic mass is 32.1. The molecule has 3 rings (SSSR count). The Morgan fingerprint density at radius 3 is 3.10 bits per heavy atom. The number of rotatable bonds is 3. The van der Waals surface area contributed by atoms with Gasteiger partial charge in [-0.25, -0.2) is 4.98 Å². The number of aromatic nitrogens is 2. The van der Waals surface area contributed by atoms with Gasteiger partial charge in [-0.2, -0.15) is 5.26 Å². The van der Waals surface area contributed by atoms with Crippen LogP contribution < -0.4 is 5.32 Å². The zero-order chi connectivity index (χ0) is 13.9. The molecule has 1 aromatic carbocycles. The summed E-state index contributed by atoms with van der Waals surface area (Å²) in [6.45, 7) is 0. The van der Waals surface area contributed by atoms with Crippen molar-refractivity contribution in [3.63, 3.8) is 0 Å². The third-order valence-electron chi connectivity index (χ3n) is 2.64. The van der Waals surface area contributed by atoms with Crippen molar-refractivity contribution in [3.8, 4) is 6.07 Å². The van der Waals surface area contributed by atoms with E-state index in [1.807, 2.05) is 24.3 Å². The van der Waals surface area contributed by atoms with Crippen LogP contribution in [0.1, 0.15) is 10.6 Å². The second-order valence-electron chi connectivity index (χ2n) is 3.99. The summed E-state index contributed by atoms with van der Waals surface area (Å²) < 4.78 is 5.14. The fourth-order valence-corrected chi connectivity index (χ4v) is 2.39. The SMILES string of the molecule is N#Cc1cnc(NC(=O)Cc2noc3ccccc23)s1. The molecular formula is C13H8N4O2S. The molecule has 0 fully saturated rings. The Hall–Kier alpha value is -2.72. The Labute approximate surface area is 117 Å². The smallest absolute Gasteiger partial charge is 0.232 e. The van der Waals surface area contributed by atoms with Gasteiger partial charge in [-0.05, 0) is 12.1 Å². The zero-order valence-electron chi connectivity index (χ0n) is 10.2. The largest absolute Gasteiger partial charge is 0.356 e. The topological polar surface area (TPSA) is 91.8 Å². The minimum absolute atomic E-state index is 0.0957. The molecule has 20 heavy (non-hydrogen) atoms. The van der Waals surface area contributed by atoms with Gasteiger partial charge in [-0.15, -0.1) is 0 Å². The van der Waals surface area contributed by atoms with E-state index in [0.29, 0.717) is 21.3 Å². The summed E-state index contributed by atoms with van der Waals surface area (Å²) in [4.78, 5) is 16.3. The average molecular weight is 284 g/mol. The van der Waals surface area contributed by atoms with Gasteiger partial charge in [0.2, 0.25) is 5.91 Å². The van der Waals surface area contributed by atoms with E-state index < -0.39 is 0 Å². The Morgan fingerprint density at radius 2 is 2.30 bits per heavy atom. The molecule has 0 atom stereocenters. The summed E-state index contributed by atoms with van der Waals surface area (Å²) in [5.74, 6) is -0.247. The quantitative estimate of drug-likeness (QED) is 0.797. The summed E-state index contributed by atoms with van der Waals surface area (Å²) in [6.07, 6.45) is 1.52. The van der Waals surface area contributed by atoms with Crippen LogP contribution in [0.5, 0.6) is 0 Å². The first-order valence-corrected chi connectivity index (χ1v) is 6.57. The molecule has 0 unspecified atom stereocenters. The van der Waals surface area contributed by atoms with E-state index in [1.54, 1.807) is 6.07 Å². The number of nitriles is 1. The molecule has 2 heterocycles. The molecule has 0 spiro atoms. The maximum absolute atomic E-state index is 11.9. The second kappa shape index (κ2) is 5.11. The lowest BCUT2D eigenvalue weighted by Gasteiger charge is -1.98. The number of amides is 1. The number of hydrogen-bond acceptors (Lipinski definition) is 6. The summed E-state index contributed by atoms with van der Waals surface area (Å²) in [6, 6.07) is 9.32. The van der Waals surface area contributed by atoms with Crippen LogP contribution in [-0.4, -0.2) is 16.0 Å². The molecular weight excluding hydrogens is 276 g/mol. The summed E-state index contributed by atoms with van der Waals surface area (Å²) >= 11 is 1.13. The molecule has 1 N–H and O–H groups in total. The van der Waals surface area contributed by atoms with E-state index in [2.05, 4.69) is 15.5 Å². The second-order valence-corrected chi connectivity index (χ2v) is 5.02. The van der Waals surface area contributed by atoms with Gasteiger partial charge in [0.1, 0.15) is 16.6 Å². The highest BCUT2D eigenvalue weighted by molar-refractivity contribution is 7.16. The van der Waals surface area contributed by atoms with Crippen molar-refractivity contribution < 1.29 is 9.32 Å². The molecule has 0 aliphatic rings. The lowest BCUT2D eigenvalue weighted by molar-refractivity contribution is -0.115. The van der Waals surface area contributed by atoms with E-state index in [-0.39, 0.29) is 12.3 Å². The third-order valence-corrected chi connectivity index (χ3v) is 3.46. The fraction of sp³-hybridized carbons (Fsp3) is 0.0769. The van der Waals surface area contributed by atoms with Crippen molar-refractivity contribution in [2.45, 2.75) is 6.42 Å². The number of fused-ring (bicyclic) bond motifs is 1. The van der Waals surface area contributed by atoms with Gasteiger partial charge in [0.25, 0.3) is 0 Å². The number of nitrogens with one attached hydrogen (secondary N) is 1. The molecule has 7 heteroatoms. The van der Waals surface area contributed by atoms with Gasteiger partial charge >= 0.3 is 0 Å². The number of benzene rings is 1. The van der Waals surface area contributed by atoms with E-state index in [1.165, 1.54) is 6.20 Å². The van der Waals surface area contributed by atoms with Crippen molar-refractivity contribution in [1.29, 1.82) is 5.26 Å². The third kappa shape index (κ3) is 2.37. The van der Waals surface area contributed by atoms with Crippen LogP contribution in [0.4, 0.5) is 5.13 Å². The summed E-state index contributed by atoms with van der Waals surface area (Å²) in [7, 11) is 0. The molecule has 0 aliphatic carbocycles. The van der Waals surface area contributed by atoms with Gasteiger partial charge in [0, 0.05) is 5.39 Å². The Morgan fingerprint density at radius 1 is 1.45 bits per heavy atom. The zero-order valence-corrected chi connectivity index (χ0v) is 11.0. The van der Waals surface area contributed by atoms with Crippen molar-refractivity contribution in [2.75, 3.05) is 5.32 Å². The monoisotopic (exact) mass is 284 g/mol. The van der Waals surface area contributed by atoms with Gasteiger partial charge < -0.3 is 9.84 Å². The Bertz CT molecular complexity index is 815.